The highest BCUT2D eigenvalue weighted by Crippen LogP contribution is 2.20. The topological polar surface area (TPSA) is 42.2 Å². The van der Waals surface area contributed by atoms with Gasteiger partial charge in [-0.05, 0) is 32.2 Å². The number of thioether (sulfide) groups is 1. The number of hydrogen-bond donors (Lipinski definition) is 1. The second kappa shape index (κ2) is 6.21. The summed E-state index contributed by atoms with van der Waals surface area (Å²) in [5.74, 6) is 1.92. The summed E-state index contributed by atoms with van der Waals surface area (Å²) in [6, 6.07) is 4.28. The Bertz CT molecular complexity index is 407. The molecule has 1 aromatic rings. The molecule has 94 valence electrons. The van der Waals surface area contributed by atoms with Crippen molar-refractivity contribution in [2.24, 2.45) is 5.73 Å². The average Bonchev–Trinajstić information content (AvgIpc) is 2.27. The molecule has 0 saturated carbocycles. The van der Waals surface area contributed by atoms with E-state index in [1.807, 2.05) is 37.9 Å². The van der Waals surface area contributed by atoms with E-state index in [-0.39, 0.29) is 0 Å². The maximum absolute atomic E-state index is 5.74. The van der Waals surface area contributed by atoms with E-state index in [1.165, 1.54) is 0 Å². The van der Waals surface area contributed by atoms with Crippen LogP contribution >= 0.6 is 24.0 Å². The fourth-order valence-electron chi connectivity index (χ4n) is 1.57. The van der Waals surface area contributed by atoms with Gasteiger partial charge in [0.2, 0.25) is 0 Å². The van der Waals surface area contributed by atoms with Gasteiger partial charge in [0.15, 0.2) is 0 Å². The summed E-state index contributed by atoms with van der Waals surface area (Å²) in [4.78, 5) is 7.08. The molecular formula is C12H19N3S2. The molecule has 0 radical (unpaired) electrons. The molecular weight excluding hydrogens is 250 g/mol. The predicted octanol–water partition coefficient (Wildman–Crippen LogP) is 2.21. The van der Waals surface area contributed by atoms with Crippen LogP contribution < -0.4 is 10.6 Å². The lowest BCUT2D eigenvalue weighted by Gasteiger charge is -2.27. The van der Waals surface area contributed by atoms with Gasteiger partial charge in [-0.2, -0.15) is 11.8 Å². The Morgan fingerprint density at radius 1 is 1.59 bits per heavy atom. The number of hydrogen-bond acceptors (Lipinski definition) is 4. The van der Waals surface area contributed by atoms with Gasteiger partial charge < -0.3 is 10.6 Å². The van der Waals surface area contributed by atoms with Crippen LogP contribution in [0.5, 0.6) is 0 Å². The van der Waals surface area contributed by atoms with E-state index in [1.54, 1.807) is 0 Å². The van der Waals surface area contributed by atoms with Crippen LogP contribution in [0.25, 0.3) is 0 Å². The van der Waals surface area contributed by atoms with E-state index >= 15 is 0 Å². The van der Waals surface area contributed by atoms with Crippen LogP contribution in [0.15, 0.2) is 12.1 Å². The highest BCUT2D eigenvalue weighted by atomic mass is 32.2. The fourth-order valence-corrected chi connectivity index (χ4v) is 2.43. The highest BCUT2D eigenvalue weighted by Gasteiger charge is 2.16. The third-order valence-corrected chi connectivity index (χ3v) is 3.72. The summed E-state index contributed by atoms with van der Waals surface area (Å²) >= 11 is 6.89. The predicted molar refractivity (Wildman–Crippen MR) is 81.1 cm³/mol. The Morgan fingerprint density at radius 2 is 2.24 bits per heavy atom. The van der Waals surface area contributed by atoms with Crippen LogP contribution in [-0.2, 0) is 0 Å². The molecule has 0 saturated heterocycles. The van der Waals surface area contributed by atoms with Crippen molar-refractivity contribution in [2.75, 3.05) is 24.0 Å². The van der Waals surface area contributed by atoms with Crippen LogP contribution in [0.2, 0.25) is 0 Å². The summed E-state index contributed by atoms with van der Waals surface area (Å²) in [7, 11) is 2.03. The molecule has 0 aliphatic heterocycles. The molecule has 3 nitrogen and oxygen atoms in total. The number of aromatic nitrogens is 1. The number of anilines is 1. The Morgan fingerprint density at radius 3 is 2.76 bits per heavy atom. The molecule has 0 fully saturated rings. The zero-order chi connectivity index (χ0) is 13.0. The van der Waals surface area contributed by atoms with Crippen molar-refractivity contribution >= 4 is 34.8 Å². The van der Waals surface area contributed by atoms with Gasteiger partial charge in [-0.25, -0.2) is 4.98 Å². The second-order valence-corrected chi connectivity index (χ2v) is 5.45. The van der Waals surface area contributed by atoms with Crippen molar-refractivity contribution in [1.82, 2.24) is 4.98 Å². The Kier molecular flexibility index (Phi) is 5.21. The maximum Gasteiger partial charge on any atom is 0.139 e. The largest absolute Gasteiger partial charge is 0.389 e. The molecule has 17 heavy (non-hydrogen) atoms. The average molecular weight is 269 g/mol. The molecule has 0 aromatic carbocycles. The molecule has 0 aliphatic rings. The first-order valence-electron chi connectivity index (χ1n) is 5.46. The first-order chi connectivity index (χ1) is 7.97. The van der Waals surface area contributed by atoms with Gasteiger partial charge in [0, 0.05) is 24.5 Å². The van der Waals surface area contributed by atoms with Crippen molar-refractivity contribution in [2.45, 2.75) is 19.9 Å². The zero-order valence-corrected chi connectivity index (χ0v) is 12.4. The number of nitrogens with zero attached hydrogens (tertiary/aromatic N) is 2. The van der Waals surface area contributed by atoms with Crippen molar-refractivity contribution in [3.63, 3.8) is 0 Å². The van der Waals surface area contributed by atoms with E-state index in [4.69, 9.17) is 18.0 Å². The van der Waals surface area contributed by atoms with Gasteiger partial charge in [-0.3, -0.25) is 0 Å². The van der Waals surface area contributed by atoms with Gasteiger partial charge >= 0.3 is 0 Å². The second-order valence-electron chi connectivity index (χ2n) is 4.10. The minimum absolute atomic E-state index is 0.396. The van der Waals surface area contributed by atoms with Crippen molar-refractivity contribution < 1.29 is 0 Å². The van der Waals surface area contributed by atoms with E-state index in [0.717, 1.165) is 22.8 Å². The summed E-state index contributed by atoms with van der Waals surface area (Å²) in [6.45, 7) is 4.14. The first-order valence-corrected chi connectivity index (χ1v) is 7.26. The van der Waals surface area contributed by atoms with Gasteiger partial charge in [-0.1, -0.05) is 12.2 Å². The quantitative estimate of drug-likeness (QED) is 0.830. The molecule has 0 bridgehead atoms. The normalized spacial score (nSPS) is 12.2. The lowest BCUT2D eigenvalue weighted by Crippen LogP contribution is -2.33. The van der Waals surface area contributed by atoms with Crippen LogP contribution in [0.3, 0.4) is 0 Å². The maximum atomic E-state index is 5.74. The minimum atomic E-state index is 0.396. The van der Waals surface area contributed by atoms with E-state index in [2.05, 4.69) is 23.1 Å². The third kappa shape index (κ3) is 3.57. The SMILES string of the molecule is CSCC(C)N(C)c1nc(C)ccc1C(N)=S. The molecule has 0 amide bonds. The highest BCUT2D eigenvalue weighted by molar-refractivity contribution is 7.98. The van der Waals surface area contributed by atoms with Gasteiger partial charge in [0.25, 0.3) is 0 Å². The van der Waals surface area contributed by atoms with Crippen LogP contribution in [0.4, 0.5) is 5.82 Å². The fraction of sp³-hybridized carbons (Fsp3) is 0.500. The van der Waals surface area contributed by atoms with Crippen molar-refractivity contribution in [3.05, 3.63) is 23.4 Å². The standard InChI is InChI=1S/C12H19N3S2/c1-8-5-6-10(11(13)16)12(14-8)15(3)9(2)7-17-4/h5-6,9H,7H2,1-4H3,(H2,13,16). The zero-order valence-electron chi connectivity index (χ0n) is 10.7. The molecule has 0 aliphatic carbocycles. The lowest BCUT2D eigenvalue weighted by molar-refractivity contribution is 0.751. The Balaban J connectivity index is 3.10. The third-order valence-electron chi connectivity index (χ3n) is 2.68. The number of thiocarbonyl (C=S) groups is 1. The van der Waals surface area contributed by atoms with Gasteiger partial charge in [0.1, 0.15) is 10.8 Å². The minimum Gasteiger partial charge on any atom is -0.389 e. The molecule has 1 aromatic heterocycles. The van der Waals surface area contributed by atoms with Crippen LogP contribution in [-0.4, -0.2) is 35.1 Å². The number of nitrogens with two attached hydrogens (primary N) is 1. The number of rotatable bonds is 5. The number of pyridine rings is 1. The smallest absolute Gasteiger partial charge is 0.139 e. The molecule has 0 spiro atoms. The Hall–Kier alpha value is -0.810. The monoisotopic (exact) mass is 269 g/mol. The molecule has 1 rings (SSSR count). The van der Waals surface area contributed by atoms with Crippen molar-refractivity contribution in [1.29, 1.82) is 0 Å². The first kappa shape index (κ1) is 14.3. The molecule has 1 atom stereocenters. The van der Waals surface area contributed by atoms with Gasteiger partial charge in [0.05, 0.1) is 5.56 Å². The van der Waals surface area contributed by atoms with E-state index < -0.39 is 0 Å². The summed E-state index contributed by atoms with van der Waals surface area (Å²) in [5, 5.41) is 0. The van der Waals surface area contributed by atoms with E-state index in [0.29, 0.717) is 11.0 Å². The lowest BCUT2D eigenvalue weighted by atomic mass is 10.2. The van der Waals surface area contributed by atoms with Crippen LogP contribution in [0, 0.1) is 6.92 Å². The summed E-state index contributed by atoms with van der Waals surface area (Å²) in [5.41, 5.74) is 7.56. The molecule has 1 unspecified atom stereocenters. The molecule has 2 N–H and O–H groups in total. The number of aryl methyl sites for hydroxylation is 1. The molecule has 1 heterocycles. The summed E-state index contributed by atoms with van der Waals surface area (Å²) < 4.78 is 0. The van der Waals surface area contributed by atoms with E-state index in [9.17, 15) is 0 Å². The Labute approximate surface area is 113 Å². The summed E-state index contributed by atoms with van der Waals surface area (Å²) in [6.07, 6.45) is 2.10. The van der Waals surface area contributed by atoms with Gasteiger partial charge in [-0.15, -0.1) is 0 Å². The molecule has 5 heteroatoms. The van der Waals surface area contributed by atoms with Crippen LogP contribution in [0.1, 0.15) is 18.2 Å². The van der Waals surface area contributed by atoms with Crippen molar-refractivity contribution in [3.8, 4) is 0 Å².